The predicted octanol–water partition coefficient (Wildman–Crippen LogP) is 3.75. The molecule has 1 aromatic rings. The van der Waals surface area contributed by atoms with E-state index in [1.165, 1.54) is 7.11 Å². The van der Waals surface area contributed by atoms with Gasteiger partial charge in [-0.05, 0) is 48.7 Å². The minimum Gasteiger partial charge on any atom is -0.465 e. The Bertz CT molecular complexity index is 533. The number of benzene rings is 1. The second-order valence-corrected chi connectivity index (χ2v) is 6.49. The van der Waals surface area contributed by atoms with Gasteiger partial charge in [-0.2, -0.15) is 0 Å². The van der Waals surface area contributed by atoms with Crippen LogP contribution in [0, 0.1) is 18.8 Å². The molecule has 0 spiro atoms. The summed E-state index contributed by atoms with van der Waals surface area (Å²) in [6.45, 7) is 10.6. The monoisotopic (exact) mass is 322 g/mol. The fourth-order valence-electron chi connectivity index (χ4n) is 2.52. The molecule has 0 saturated carbocycles. The molecule has 0 bridgehead atoms. The number of carbonyl (C=O) groups is 1. The first-order valence-corrected chi connectivity index (χ1v) is 7.94. The number of esters is 1. The third-order valence-corrected chi connectivity index (χ3v) is 3.94. The Morgan fingerprint density at radius 3 is 2.27 bits per heavy atom. The molecule has 0 atom stereocenters. The average Bonchev–Trinajstić information content (AvgIpc) is 2.45. The van der Waals surface area contributed by atoms with Gasteiger partial charge in [0.05, 0.1) is 12.7 Å². The molecule has 122 valence electrons. The van der Waals surface area contributed by atoms with Crippen molar-refractivity contribution >= 4 is 29.0 Å². The summed E-state index contributed by atoms with van der Waals surface area (Å²) in [5.41, 5.74) is 2.18. The Labute approximate surface area is 138 Å². The summed E-state index contributed by atoms with van der Waals surface area (Å²) >= 11 is 5.41. The molecule has 22 heavy (non-hydrogen) atoms. The number of hydrogen-bond acceptors (Lipinski definition) is 3. The molecule has 0 unspecified atom stereocenters. The molecular formula is C17H26N2O2S. The normalized spacial score (nSPS) is 11.0. The van der Waals surface area contributed by atoms with E-state index in [2.05, 4.69) is 38.3 Å². The zero-order valence-corrected chi connectivity index (χ0v) is 15.0. The van der Waals surface area contributed by atoms with Crippen molar-refractivity contribution in [3.63, 3.8) is 0 Å². The summed E-state index contributed by atoms with van der Waals surface area (Å²) in [5, 5.41) is 7.11. The van der Waals surface area contributed by atoms with Crippen molar-refractivity contribution in [1.29, 1.82) is 0 Å². The molecule has 0 aromatic heterocycles. The van der Waals surface area contributed by atoms with Crippen LogP contribution in [0.4, 0.5) is 5.69 Å². The number of methoxy groups -OCH3 is 1. The number of rotatable bonds is 5. The van der Waals surface area contributed by atoms with Crippen LogP contribution in [-0.2, 0) is 4.74 Å². The van der Waals surface area contributed by atoms with Crippen LogP contribution in [0.25, 0.3) is 0 Å². The highest BCUT2D eigenvalue weighted by molar-refractivity contribution is 7.80. The van der Waals surface area contributed by atoms with E-state index in [-0.39, 0.29) is 5.97 Å². The number of hydrogen-bond donors (Lipinski definition) is 2. The molecule has 0 aliphatic carbocycles. The molecule has 0 heterocycles. The van der Waals surface area contributed by atoms with Gasteiger partial charge in [0, 0.05) is 11.7 Å². The maximum atomic E-state index is 11.7. The molecule has 1 rings (SSSR count). The molecule has 0 saturated heterocycles. The van der Waals surface area contributed by atoms with E-state index in [1.807, 2.05) is 19.1 Å². The van der Waals surface area contributed by atoms with Gasteiger partial charge in [0.25, 0.3) is 0 Å². The van der Waals surface area contributed by atoms with Gasteiger partial charge in [-0.1, -0.05) is 33.8 Å². The first kappa shape index (κ1) is 18.4. The van der Waals surface area contributed by atoms with Gasteiger partial charge in [0.15, 0.2) is 5.11 Å². The largest absolute Gasteiger partial charge is 0.465 e. The lowest BCUT2D eigenvalue weighted by Crippen LogP contribution is -2.44. The molecule has 0 radical (unpaired) electrons. The summed E-state index contributed by atoms with van der Waals surface area (Å²) in [6.07, 6.45) is 0. The van der Waals surface area contributed by atoms with Crippen molar-refractivity contribution in [2.45, 2.75) is 40.7 Å². The Kier molecular flexibility index (Phi) is 6.81. The second kappa shape index (κ2) is 8.13. The molecule has 0 aliphatic heterocycles. The van der Waals surface area contributed by atoms with E-state index in [9.17, 15) is 4.79 Å². The number of carbonyl (C=O) groups excluding carboxylic acids is 1. The van der Waals surface area contributed by atoms with E-state index in [0.29, 0.717) is 28.6 Å². The maximum absolute atomic E-state index is 11.7. The van der Waals surface area contributed by atoms with Crippen LogP contribution in [0.3, 0.4) is 0 Å². The lowest BCUT2D eigenvalue weighted by atomic mass is 9.93. The fraction of sp³-hybridized carbons (Fsp3) is 0.529. The molecule has 4 nitrogen and oxygen atoms in total. The molecule has 2 N–H and O–H groups in total. The van der Waals surface area contributed by atoms with E-state index in [0.717, 1.165) is 11.3 Å². The van der Waals surface area contributed by atoms with Crippen LogP contribution >= 0.6 is 12.2 Å². The lowest BCUT2D eigenvalue weighted by molar-refractivity contribution is 0.0600. The van der Waals surface area contributed by atoms with E-state index in [1.54, 1.807) is 6.07 Å². The van der Waals surface area contributed by atoms with Gasteiger partial charge in [0.1, 0.15) is 0 Å². The topological polar surface area (TPSA) is 50.4 Å². The van der Waals surface area contributed by atoms with Crippen LogP contribution in [0.2, 0.25) is 0 Å². The predicted molar refractivity (Wildman–Crippen MR) is 95.3 cm³/mol. The minimum absolute atomic E-state index is 0.295. The highest BCUT2D eigenvalue weighted by Crippen LogP contribution is 2.20. The molecule has 0 fully saturated rings. The van der Waals surface area contributed by atoms with Gasteiger partial charge in [-0.15, -0.1) is 0 Å². The first-order valence-electron chi connectivity index (χ1n) is 7.53. The van der Waals surface area contributed by atoms with Crippen LogP contribution in [-0.4, -0.2) is 24.2 Å². The number of thiocarbonyl (C=S) groups is 1. The van der Waals surface area contributed by atoms with Crippen molar-refractivity contribution in [1.82, 2.24) is 5.32 Å². The first-order chi connectivity index (χ1) is 10.3. The highest BCUT2D eigenvalue weighted by Gasteiger charge is 2.19. The number of ether oxygens (including phenoxy) is 1. The summed E-state index contributed by atoms with van der Waals surface area (Å²) in [5.74, 6) is 0.603. The van der Waals surface area contributed by atoms with Gasteiger partial charge >= 0.3 is 5.97 Å². The van der Waals surface area contributed by atoms with E-state index < -0.39 is 0 Å². The molecule has 1 aromatic carbocycles. The SMILES string of the molecule is COC(=O)c1cccc(NC(=S)NC(C(C)C)C(C)C)c1C. The van der Waals surface area contributed by atoms with Gasteiger partial charge in [-0.25, -0.2) is 4.79 Å². The van der Waals surface area contributed by atoms with Crippen molar-refractivity contribution in [2.75, 3.05) is 12.4 Å². The van der Waals surface area contributed by atoms with Crippen LogP contribution in [0.1, 0.15) is 43.6 Å². The molecular weight excluding hydrogens is 296 g/mol. The third kappa shape index (κ3) is 4.70. The Balaban J connectivity index is 2.87. The van der Waals surface area contributed by atoms with Gasteiger partial charge in [0.2, 0.25) is 0 Å². The van der Waals surface area contributed by atoms with E-state index >= 15 is 0 Å². The Hall–Kier alpha value is -1.62. The standard InChI is InChI=1S/C17H26N2O2S/c1-10(2)15(11(3)4)19-17(22)18-14-9-7-8-13(12(14)5)16(20)21-6/h7-11,15H,1-6H3,(H2,18,19,22). The summed E-state index contributed by atoms with van der Waals surface area (Å²) in [7, 11) is 1.38. The summed E-state index contributed by atoms with van der Waals surface area (Å²) < 4.78 is 4.79. The molecule has 0 aliphatic rings. The summed E-state index contributed by atoms with van der Waals surface area (Å²) in [6, 6.07) is 5.75. The van der Waals surface area contributed by atoms with Crippen molar-refractivity contribution < 1.29 is 9.53 Å². The van der Waals surface area contributed by atoms with Crippen LogP contribution < -0.4 is 10.6 Å². The minimum atomic E-state index is -0.345. The Morgan fingerprint density at radius 1 is 1.18 bits per heavy atom. The van der Waals surface area contributed by atoms with Crippen molar-refractivity contribution in [3.05, 3.63) is 29.3 Å². The zero-order chi connectivity index (χ0) is 16.9. The van der Waals surface area contributed by atoms with Gasteiger partial charge < -0.3 is 15.4 Å². The second-order valence-electron chi connectivity index (χ2n) is 6.08. The average molecular weight is 322 g/mol. The van der Waals surface area contributed by atoms with Crippen molar-refractivity contribution in [2.24, 2.45) is 11.8 Å². The smallest absolute Gasteiger partial charge is 0.338 e. The lowest BCUT2D eigenvalue weighted by Gasteiger charge is -2.28. The van der Waals surface area contributed by atoms with Crippen LogP contribution in [0.5, 0.6) is 0 Å². The third-order valence-electron chi connectivity index (χ3n) is 3.72. The van der Waals surface area contributed by atoms with Crippen LogP contribution in [0.15, 0.2) is 18.2 Å². The maximum Gasteiger partial charge on any atom is 0.338 e. The highest BCUT2D eigenvalue weighted by atomic mass is 32.1. The Morgan fingerprint density at radius 2 is 1.77 bits per heavy atom. The summed E-state index contributed by atoms with van der Waals surface area (Å²) in [4.78, 5) is 11.7. The zero-order valence-electron chi connectivity index (χ0n) is 14.2. The molecule has 5 heteroatoms. The van der Waals surface area contributed by atoms with Crippen molar-refractivity contribution in [3.8, 4) is 0 Å². The molecule has 0 amide bonds. The van der Waals surface area contributed by atoms with E-state index in [4.69, 9.17) is 17.0 Å². The quantitative estimate of drug-likeness (QED) is 0.639. The number of anilines is 1. The fourth-order valence-corrected chi connectivity index (χ4v) is 2.76. The van der Waals surface area contributed by atoms with Gasteiger partial charge in [-0.3, -0.25) is 0 Å². The number of nitrogens with one attached hydrogen (secondary N) is 2.